The molecule has 0 aromatic carbocycles. The number of carbonyl (C=O) groups excluding carboxylic acids is 1. The lowest BCUT2D eigenvalue weighted by Crippen LogP contribution is -2.00. The van der Waals surface area contributed by atoms with Crippen molar-refractivity contribution in [1.29, 1.82) is 0 Å². The van der Waals surface area contributed by atoms with Crippen molar-refractivity contribution in [2.45, 2.75) is 13.5 Å². The Hall–Kier alpha value is -2.14. The minimum atomic E-state index is 0.542. The van der Waals surface area contributed by atoms with E-state index in [1.54, 1.807) is 17.1 Å². The number of hydrogen-bond acceptors (Lipinski definition) is 3. The topological polar surface area (TPSA) is 52.7 Å². The third kappa shape index (κ3) is 1.91. The summed E-state index contributed by atoms with van der Waals surface area (Å²) in [6.45, 7) is 2.46. The normalized spacial score (nSPS) is 11.2. The van der Waals surface area contributed by atoms with E-state index < -0.39 is 0 Å². The number of carbonyl (C=O) groups is 1. The van der Waals surface area contributed by atoms with Gasteiger partial charge in [-0.3, -0.25) is 9.48 Å². The summed E-state index contributed by atoms with van der Waals surface area (Å²) in [7, 11) is 1.81. The molecule has 102 valence electrons. The van der Waals surface area contributed by atoms with E-state index in [2.05, 4.69) is 10.1 Å². The Morgan fingerprint density at radius 1 is 1.45 bits per heavy atom. The predicted molar refractivity (Wildman–Crippen MR) is 77.2 cm³/mol. The van der Waals surface area contributed by atoms with Gasteiger partial charge in [0, 0.05) is 36.0 Å². The van der Waals surface area contributed by atoms with Gasteiger partial charge in [0.1, 0.15) is 10.8 Å². The highest BCUT2D eigenvalue weighted by atomic mass is 35.5. The van der Waals surface area contributed by atoms with Crippen molar-refractivity contribution in [1.82, 2.24) is 19.3 Å². The molecule has 0 aliphatic rings. The Morgan fingerprint density at radius 3 is 2.90 bits per heavy atom. The van der Waals surface area contributed by atoms with Gasteiger partial charge in [-0.25, -0.2) is 4.98 Å². The number of nitrogens with zero attached hydrogens (tertiary/aromatic N) is 4. The van der Waals surface area contributed by atoms with Crippen LogP contribution >= 0.6 is 11.6 Å². The van der Waals surface area contributed by atoms with Crippen molar-refractivity contribution >= 4 is 28.9 Å². The van der Waals surface area contributed by atoms with Crippen LogP contribution in [-0.4, -0.2) is 25.6 Å². The first-order valence-corrected chi connectivity index (χ1v) is 6.56. The molecule has 0 unspecified atom stereocenters. The maximum absolute atomic E-state index is 11.1. The molecular formula is C14H13ClN4O. The Labute approximate surface area is 120 Å². The fourth-order valence-corrected chi connectivity index (χ4v) is 2.62. The average Bonchev–Trinajstić information content (AvgIpc) is 2.92. The second-order valence-corrected chi connectivity index (χ2v) is 5.04. The number of halogens is 1. The van der Waals surface area contributed by atoms with Crippen LogP contribution in [0.2, 0.25) is 5.15 Å². The molecular weight excluding hydrogens is 276 g/mol. The fourth-order valence-electron chi connectivity index (χ4n) is 2.39. The first-order valence-electron chi connectivity index (χ1n) is 6.19. The monoisotopic (exact) mass is 288 g/mol. The van der Waals surface area contributed by atoms with E-state index >= 15 is 0 Å². The van der Waals surface area contributed by atoms with Crippen molar-refractivity contribution in [3.63, 3.8) is 0 Å². The molecule has 0 fully saturated rings. The van der Waals surface area contributed by atoms with Crippen LogP contribution in [0.15, 0.2) is 24.5 Å². The molecule has 0 atom stereocenters. The smallest absolute Gasteiger partial charge is 0.152 e. The molecule has 3 rings (SSSR count). The van der Waals surface area contributed by atoms with Crippen molar-refractivity contribution in [3.05, 3.63) is 46.5 Å². The average molecular weight is 289 g/mol. The molecule has 0 saturated carbocycles. The van der Waals surface area contributed by atoms with Gasteiger partial charge in [0.05, 0.1) is 12.2 Å². The van der Waals surface area contributed by atoms with E-state index in [0.29, 0.717) is 17.3 Å². The summed E-state index contributed by atoms with van der Waals surface area (Å²) < 4.78 is 3.57. The van der Waals surface area contributed by atoms with Gasteiger partial charge in [0.25, 0.3) is 0 Å². The highest BCUT2D eigenvalue weighted by Crippen LogP contribution is 2.23. The molecule has 0 N–H and O–H groups in total. The van der Waals surface area contributed by atoms with E-state index in [1.165, 1.54) is 0 Å². The van der Waals surface area contributed by atoms with Crippen LogP contribution < -0.4 is 0 Å². The van der Waals surface area contributed by atoms with Crippen molar-refractivity contribution in [2.24, 2.45) is 7.05 Å². The van der Waals surface area contributed by atoms with Gasteiger partial charge in [0.2, 0.25) is 0 Å². The standard InChI is InChI=1S/C14H13ClN4O/c1-9-12(13(15)18(2)17-9)7-19-6-10(8-20)11-4-3-5-16-14(11)19/h3-6,8H,7H2,1-2H3. The van der Waals surface area contributed by atoms with Crippen LogP contribution in [0.5, 0.6) is 0 Å². The number of aromatic nitrogens is 4. The number of hydrogen-bond donors (Lipinski definition) is 0. The largest absolute Gasteiger partial charge is 0.327 e. The minimum Gasteiger partial charge on any atom is -0.327 e. The summed E-state index contributed by atoms with van der Waals surface area (Å²) >= 11 is 6.25. The Bertz CT molecular complexity index is 803. The summed E-state index contributed by atoms with van der Waals surface area (Å²) in [5, 5.41) is 5.75. The summed E-state index contributed by atoms with van der Waals surface area (Å²) in [6, 6.07) is 3.71. The highest BCUT2D eigenvalue weighted by Gasteiger charge is 2.15. The molecule has 3 aromatic rings. The molecule has 0 aliphatic carbocycles. The maximum atomic E-state index is 11.1. The lowest BCUT2D eigenvalue weighted by Gasteiger charge is -2.04. The van der Waals surface area contributed by atoms with Crippen LogP contribution in [0.4, 0.5) is 0 Å². The number of fused-ring (bicyclic) bond motifs is 1. The first kappa shape index (κ1) is 12.9. The van der Waals surface area contributed by atoms with Gasteiger partial charge in [-0.2, -0.15) is 5.10 Å². The van der Waals surface area contributed by atoms with Crippen molar-refractivity contribution < 1.29 is 4.79 Å². The summed E-state index contributed by atoms with van der Waals surface area (Å²) in [4.78, 5) is 15.5. The molecule has 0 amide bonds. The van der Waals surface area contributed by atoms with Crippen LogP contribution in [-0.2, 0) is 13.6 Å². The van der Waals surface area contributed by atoms with Crippen LogP contribution in [0.1, 0.15) is 21.6 Å². The zero-order chi connectivity index (χ0) is 14.3. The number of rotatable bonds is 3. The second kappa shape index (κ2) is 4.76. The molecule has 3 heterocycles. The Balaban J connectivity index is 2.13. The van der Waals surface area contributed by atoms with E-state index in [9.17, 15) is 4.79 Å². The lowest BCUT2D eigenvalue weighted by atomic mass is 10.2. The molecule has 3 aromatic heterocycles. The highest BCUT2D eigenvalue weighted by molar-refractivity contribution is 6.30. The quantitative estimate of drug-likeness (QED) is 0.696. The number of aryl methyl sites for hydroxylation is 2. The number of aldehydes is 1. The molecule has 6 heteroatoms. The maximum Gasteiger partial charge on any atom is 0.152 e. The first-order chi connectivity index (χ1) is 9.61. The SMILES string of the molecule is Cc1nn(C)c(Cl)c1Cn1cc(C=O)c2cccnc21. The predicted octanol–water partition coefficient (Wildman–Crippen LogP) is 2.59. The summed E-state index contributed by atoms with van der Waals surface area (Å²) in [6.07, 6.45) is 4.36. The summed E-state index contributed by atoms with van der Waals surface area (Å²) in [5.74, 6) is 0. The molecule has 0 bridgehead atoms. The molecule has 20 heavy (non-hydrogen) atoms. The van der Waals surface area contributed by atoms with Gasteiger partial charge in [-0.05, 0) is 19.1 Å². The minimum absolute atomic E-state index is 0.542. The second-order valence-electron chi connectivity index (χ2n) is 4.68. The van der Waals surface area contributed by atoms with Gasteiger partial charge >= 0.3 is 0 Å². The van der Waals surface area contributed by atoms with E-state index in [4.69, 9.17) is 11.6 Å². The van der Waals surface area contributed by atoms with Gasteiger partial charge in [0.15, 0.2) is 6.29 Å². The third-order valence-electron chi connectivity index (χ3n) is 3.39. The molecule has 0 radical (unpaired) electrons. The zero-order valence-electron chi connectivity index (χ0n) is 11.2. The molecule has 0 aliphatic heterocycles. The van der Waals surface area contributed by atoms with E-state index in [0.717, 1.165) is 28.6 Å². The lowest BCUT2D eigenvalue weighted by molar-refractivity contribution is 0.112. The zero-order valence-corrected chi connectivity index (χ0v) is 11.9. The fraction of sp³-hybridized carbons (Fsp3) is 0.214. The van der Waals surface area contributed by atoms with Crippen LogP contribution in [0.3, 0.4) is 0 Å². The molecule has 0 spiro atoms. The Kier molecular flexibility index (Phi) is 3.06. The van der Waals surface area contributed by atoms with E-state index in [1.807, 2.05) is 30.7 Å². The van der Waals surface area contributed by atoms with Gasteiger partial charge in [-0.1, -0.05) is 11.6 Å². The van der Waals surface area contributed by atoms with Crippen LogP contribution in [0, 0.1) is 6.92 Å². The molecule has 5 nitrogen and oxygen atoms in total. The van der Waals surface area contributed by atoms with E-state index in [-0.39, 0.29) is 0 Å². The summed E-state index contributed by atoms with van der Waals surface area (Å²) in [5.41, 5.74) is 3.22. The van der Waals surface area contributed by atoms with Gasteiger partial charge in [-0.15, -0.1) is 0 Å². The van der Waals surface area contributed by atoms with Crippen molar-refractivity contribution in [3.8, 4) is 0 Å². The van der Waals surface area contributed by atoms with Crippen LogP contribution in [0.25, 0.3) is 11.0 Å². The van der Waals surface area contributed by atoms with Gasteiger partial charge < -0.3 is 4.57 Å². The molecule has 0 saturated heterocycles. The Morgan fingerprint density at radius 2 is 2.25 bits per heavy atom. The number of pyridine rings is 1. The van der Waals surface area contributed by atoms with Crippen molar-refractivity contribution in [2.75, 3.05) is 0 Å². The third-order valence-corrected chi connectivity index (χ3v) is 3.86.